The van der Waals surface area contributed by atoms with Crippen molar-refractivity contribution in [3.05, 3.63) is 23.8 Å². The van der Waals surface area contributed by atoms with Crippen molar-refractivity contribution in [1.82, 2.24) is 10.2 Å². The van der Waals surface area contributed by atoms with E-state index >= 15 is 0 Å². The van der Waals surface area contributed by atoms with Crippen molar-refractivity contribution in [2.24, 2.45) is 5.92 Å². The highest BCUT2D eigenvalue weighted by atomic mass is 16.5. The molecule has 2 aliphatic rings. The number of carbonyl (C=O) groups is 1. The Morgan fingerprint density at radius 2 is 1.78 bits per heavy atom. The molecule has 3 rings (SSSR count). The van der Waals surface area contributed by atoms with E-state index in [4.69, 9.17) is 14.2 Å². The molecule has 0 spiro atoms. The number of fused-ring (bicyclic) bond motifs is 1. The van der Waals surface area contributed by atoms with Crippen LogP contribution in [0.15, 0.2) is 18.2 Å². The quantitative estimate of drug-likeness (QED) is 0.793. The zero-order chi connectivity index (χ0) is 19.1. The van der Waals surface area contributed by atoms with E-state index in [1.165, 1.54) is 0 Å². The number of hydrogen-bond donors (Lipinski definition) is 1. The lowest BCUT2D eigenvalue weighted by atomic mass is 9.92. The van der Waals surface area contributed by atoms with Gasteiger partial charge in [0.2, 0.25) is 0 Å². The van der Waals surface area contributed by atoms with Crippen LogP contribution in [0.25, 0.3) is 0 Å². The summed E-state index contributed by atoms with van der Waals surface area (Å²) >= 11 is 0. The molecule has 1 fully saturated rings. The SMILES string of the molecule is CCC(CC)C(CNC(=O)c1ccc2c(c1)OCCCO2)N1CCOCC1. The van der Waals surface area contributed by atoms with Gasteiger partial charge in [-0.05, 0) is 24.1 Å². The van der Waals surface area contributed by atoms with Crippen molar-refractivity contribution < 1.29 is 19.0 Å². The fourth-order valence-corrected chi connectivity index (χ4v) is 3.94. The van der Waals surface area contributed by atoms with Crippen LogP contribution in [0.2, 0.25) is 0 Å². The van der Waals surface area contributed by atoms with Gasteiger partial charge >= 0.3 is 0 Å². The van der Waals surface area contributed by atoms with Crippen molar-refractivity contribution in [2.45, 2.75) is 39.2 Å². The molecule has 6 nitrogen and oxygen atoms in total. The molecule has 1 N–H and O–H groups in total. The molecule has 0 bridgehead atoms. The zero-order valence-electron chi connectivity index (χ0n) is 16.5. The van der Waals surface area contributed by atoms with Crippen molar-refractivity contribution in [1.29, 1.82) is 0 Å². The minimum Gasteiger partial charge on any atom is -0.490 e. The van der Waals surface area contributed by atoms with E-state index < -0.39 is 0 Å². The summed E-state index contributed by atoms with van der Waals surface area (Å²) in [5.41, 5.74) is 0.615. The molecule has 0 aliphatic carbocycles. The van der Waals surface area contributed by atoms with Gasteiger partial charge in [0, 0.05) is 37.7 Å². The molecule has 0 aromatic heterocycles. The Morgan fingerprint density at radius 1 is 1.07 bits per heavy atom. The normalized spacial score (nSPS) is 18.8. The summed E-state index contributed by atoms with van der Waals surface area (Å²) in [6.45, 7) is 9.78. The molecule has 150 valence electrons. The molecule has 27 heavy (non-hydrogen) atoms. The monoisotopic (exact) mass is 376 g/mol. The predicted octanol–water partition coefficient (Wildman–Crippen LogP) is 2.71. The van der Waals surface area contributed by atoms with Gasteiger partial charge in [0.25, 0.3) is 5.91 Å². The molecule has 1 saturated heterocycles. The third-order valence-corrected chi connectivity index (χ3v) is 5.59. The van der Waals surface area contributed by atoms with Crippen molar-refractivity contribution in [3.8, 4) is 11.5 Å². The van der Waals surface area contributed by atoms with Crippen molar-refractivity contribution >= 4 is 5.91 Å². The van der Waals surface area contributed by atoms with E-state index in [-0.39, 0.29) is 5.91 Å². The molecule has 1 aromatic carbocycles. The second kappa shape index (κ2) is 9.95. The topological polar surface area (TPSA) is 60.0 Å². The van der Waals surface area contributed by atoms with Crippen LogP contribution < -0.4 is 14.8 Å². The highest BCUT2D eigenvalue weighted by Gasteiger charge is 2.27. The second-order valence-electron chi connectivity index (χ2n) is 7.21. The van der Waals surface area contributed by atoms with E-state index in [0.717, 1.165) is 45.6 Å². The zero-order valence-corrected chi connectivity index (χ0v) is 16.5. The van der Waals surface area contributed by atoms with Crippen LogP contribution in [0, 0.1) is 5.92 Å². The molecule has 1 atom stereocenters. The molecule has 1 aromatic rings. The Balaban J connectivity index is 1.65. The van der Waals surface area contributed by atoms with Crippen LogP contribution in [-0.4, -0.2) is 62.9 Å². The van der Waals surface area contributed by atoms with Gasteiger partial charge in [-0.25, -0.2) is 0 Å². The van der Waals surface area contributed by atoms with Gasteiger partial charge in [-0.2, -0.15) is 0 Å². The molecule has 0 saturated carbocycles. The highest BCUT2D eigenvalue weighted by molar-refractivity contribution is 5.94. The first-order valence-electron chi connectivity index (χ1n) is 10.2. The Bertz CT molecular complexity index is 612. The number of ether oxygens (including phenoxy) is 3. The lowest BCUT2D eigenvalue weighted by molar-refractivity contribution is 0.00191. The second-order valence-corrected chi connectivity index (χ2v) is 7.21. The van der Waals surface area contributed by atoms with Crippen LogP contribution in [0.1, 0.15) is 43.5 Å². The predicted molar refractivity (Wildman–Crippen MR) is 105 cm³/mol. The third-order valence-electron chi connectivity index (χ3n) is 5.59. The van der Waals surface area contributed by atoms with Crippen LogP contribution in [-0.2, 0) is 4.74 Å². The fraction of sp³-hybridized carbons (Fsp3) is 0.667. The number of carbonyl (C=O) groups excluding carboxylic acids is 1. The van der Waals surface area contributed by atoms with Gasteiger partial charge in [-0.15, -0.1) is 0 Å². The summed E-state index contributed by atoms with van der Waals surface area (Å²) in [6.07, 6.45) is 3.07. The summed E-state index contributed by atoms with van der Waals surface area (Å²) < 4.78 is 16.9. The van der Waals surface area contributed by atoms with E-state index in [9.17, 15) is 4.79 Å². The Kier molecular flexibility index (Phi) is 7.35. The first-order valence-corrected chi connectivity index (χ1v) is 10.2. The molecule has 1 amide bonds. The molecule has 2 heterocycles. The van der Waals surface area contributed by atoms with Gasteiger partial charge in [-0.3, -0.25) is 9.69 Å². The summed E-state index contributed by atoms with van der Waals surface area (Å²) in [5, 5.41) is 3.15. The van der Waals surface area contributed by atoms with Gasteiger partial charge in [0.15, 0.2) is 11.5 Å². The molecule has 1 unspecified atom stereocenters. The van der Waals surface area contributed by atoms with Gasteiger partial charge < -0.3 is 19.5 Å². The third kappa shape index (κ3) is 5.14. The first kappa shape index (κ1) is 20.0. The summed E-state index contributed by atoms with van der Waals surface area (Å²) in [6, 6.07) is 5.77. The minimum atomic E-state index is -0.0603. The number of rotatable bonds is 7. The van der Waals surface area contributed by atoms with E-state index in [0.29, 0.717) is 48.8 Å². The average Bonchev–Trinajstić information content (AvgIpc) is 2.96. The van der Waals surface area contributed by atoms with Crippen LogP contribution in [0.4, 0.5) is 0 Å². The molecular formula is C21H32N2O4. The molecule has 6 heteroatoms. The lowest BCUT2D eigenvalue weighted by Crippen LogP contribution is -2.52. The van der Waals surface area contributed by atoms with Gasteiger partial charge in [0.1, 0.15) is 0 Å². The summed E-state index contributed by atoms with van der Waals surface area (Å²) in [7, 11) is 0. The largest absolute Gasteiger partial charge is 0.490 e. The van der Waals surface area contributed by atoms with Crippen LogP contribution >= 0.6 is 0 Å². The summed E-state index contributed by atoms with van der Waals surface area (Å²) in [4.78, 5) is 15.2. The van der Waals surface area contributed by atoms with Crippen LogP contribution in [0.5, 0.6) is 11.5 Å². The number of hydrogen-bond acceptors (Lipinski definition) is 5. The maximum Gasteiger partial charge on any atom is 0.251 e. The number of nitrogens with zero attached hydrogens (tertiary/aromatic N) is 1. The van der Waals surface area contributed by atoms with Gasteiger partial charge in [-0.1, -0.05) is 26.7 Å². The van der Waals surface area contributed by atoms with Gasteiger partial charge in [0.05, 0.1) is 26.4 Å². The van der Waals surface area contributed by atoms with E-state index in [1.807, 2.05) is 12.1 Å². The molecule has 2 aliphatic heterocycles. The highest BCUT2D eigenvalue weighted by Crippen LogP contribution is 2.30. The number of morpholine rings is 1. The lowest BCUT2D eigenvalue weighted by Gasteiger charge is -2.38. The smallest absolute Gasteiger partial charge is 0.251 e. The minimum absolute atomic E-state index is 0.0603. The maximum absolute atomic E-state index is 12.8. The summed E-state index contributed by atoms with van der Waals surface area (Å²) in [5.74, 6) is 1.87. The average molecular weight is 376 g/mol. The number of nitrogens with one attached hydrogen (secondary N) is 1. The Morgan fingerprint density at radius 3 is 2.48 bits per heavy atom. The molecule has 0 radical (unpaired) electrons. The maximum atomic E-state index is 12.8. The van der Waals surface area contributed by atoms with Crippen molar-refractivity contribution in [2.75, 3.05) is 46.1 Å². The Hall–Kier alpha value is -1.79. The van der Waals surface area contributed by atoms with Crippen molar-refractivity contribution in [3.63, 3.8) is 0 Å². The molecular weight excluding hydrogens is 344 g/mol. The standard InChI is InChI=1S/C21H32N2O4/c1-3-16(4-2)18(23-8-12-25-13-9-23)15-22-21(24)17-6-7-19-20(14-17)27-11-5-10-26-19/h6-7,14,16,18H,3-5,8-13,15H2,1-2H3,(H,22,24). The first-order chi connectivity index (χ1) is 13.2. The number of amides is 1. The Labute approximate surface area is 162 Å². The van der Waals surface area contributed by atoms with E-state index in [1.54, 1.807) is 6.07 Å². The number of benzene rings is 1. The van der Waals surface area contributed by atoms with Crippen LogP contribution in [0.3, 0.4) is 0 Å². The fourth-order valence-electron chi connectivity index (χ4n) is 3.94. The van der Waals surface area contributed by atoms with E-state index in [2.05, 4.69) is 24.1 Å².